The minimum atomic E-state index is 0.530. The first-order valence-electron chi connectivity index (χ1n) is 6.51. The van der Waals surface area contributed by atoms with Gasteiger partial charge in [-0.25, -0.2) is 9.97 Å². The highest BCUT2D eigenvalue weighted by Crippen LogP contribution is 2.26. The van der Waals surface area contributed by atoms with E-state index in [2.05, 4.69) is 15.3 Å². The highest BCUT2D eigenvalue weighted by atomic mass is 16.5. The van der Waals surface area contributed by atoms with Crippen molar-refractivity contribution >= 4 is 5.69 Å². The summed E-state index contributed by atoms with van der Waals surface area (Å²) in [5, 5.41) is 3.33. The van der Waals surface area contributed by atoms with Gasteiger partial charge in [0, 0.05) is 13.3 Å². The lowest BCUT2D eigenvalue weighted by atomic mass is 10.2. The summed E-state index contributed by atoms with van der Waals surface area (Å²) in [6.45, 7) is 3.77. The number of rotatable bonds is 7. The van der Waals surface area contributed by atoms with Crippen molar-refractivity contribution < 1.29 is 9.47 Å². The number of aromatic nitrogens is 2. The van der Waals surface area contributed by atoms with Crippen LogP contribution >= 0.6 is 0 Å². The monoisotopic (exact) mass is 273 g/mol. The fourth-order valence-corrected chi connectivity index (χ4v) is 1.74. The molecular formula is C15H19N3O2. The Kier molecular flexibility index (Phi) is 5.32. The van der Waals surface area contributed by atoms with E-state index in [1.165, 1.54) is 0 Å². The minimum Gasteiger partial charge on any atom is -0.489 e. The van der Waals surface area contributed by atoms with Crippen molar-refractivity contribution in [1.82, 2.24) is 9.97 Å². The van der Waals surface area contributed by atoms with Crippen molar-refractivity contribution in [2.75, 3.05) is 25.6 Å². The second-order valence-electron chi connectivity index (χ2n) is 4.40. The van der Waals surface area contributed by atoms with Crippen molar-refractivity contribution in [2.24, 2.45) is 0 Å². The van der Waals surface area contributed by atoms with Crippen LogP contribution in [0.15, 0.2) is 36.8 Å². The maximum Gasteiger partial charge on any atom is 0.142 e. The summed E-state index contributed by atoms with van der Waals surface area (Å²) in [7, 11) is 1.66. The van der Waals surface area contributed by atoms with Gasteiger partial charge in [-0.1, -0.05) is 6.07 Å². The molecule has 0 atom stereocenters. The summed E-state index contributed by atoms with van der Waals surface area (Å²) in [5.41, 5.74) is 3.04. The fourth-order valence-electron chi connectivity index (χ4n) is 1.74. The predicted octanol–water partition coefficient (Wildman–Crippen LogP) is 2.42. The van der Waals surface area contributed by atoms with E-state index < -0.39 is 0 Å². The molecule has 0 aliphatic rings. The molecule has 2 rings (SSSR count). The van der Waals surface area contributed by atoms with Crippen LogP contribution < -0.4 is 10.1 Å². The minimum absolute atomic E-state index is 0.530. The van der Waals surface area contributed by atoms with E-state index in [1.807, 2.05) is 31.2 Å². The first-order valence-corrected chi connectivity index (χ1v) is 6.51. The second kappa shape index (κ2) is 7.45. The van der Waals surface area contributed by atoms with Crippen molar-refractivity contribution in [2.45, 2.75) is 13.5 Å². The van der Waals surface area contributed by atoms with Crippen LogP contribution in [-0.2, 0) is 11.3 Å². The first-order chi connectivity index (χ1) is 9.79. The Balaban J connectivity index is 2.02. The Bertz CT molecular complexity index is 532. The van der Waals surface area contributed by atoms with Gasteiger partial charge in [0.15, 0.2) is 0 Å². The molecule has 20 heavy (non-hydrogen) atoms. The molecule has 1 aromatic heterocycles. The first kappa shape index (κ1) is 14.3. The number of nitrogens with zero attached hydrogens (tertiary/aromatic N) is 2. The zero-order valence-electron chi connectivity index (χ0n) is 11.8. The van der Waals surface area contributed by atoms with Gasteiger partial charge in [-0.15, -0.1) is 0 Å². The molecule has 0 radical (unpaired) electrons. The molecule has 0 aliphatic heterocycles. The molecule has 0 spiro atoms. The smallest absolute Gasteiger partial charge is 0.142 e. The van der Waals surface area contributed by atoms with E-state index in [-0.39, 0.29) is 0 Å². The van der Waals surface area contributed by atoms with Crippen molar-refractivity contribution in [3.05, 3.63) is 48.0 Å². The molecule has 106 valence electrons. The quantitative estimate of drug-likeness (QED) is 0.785. The maximum absolute atomic E-state index is 5.73. The normalized spacial score (nSPS) is 10.3. The lowest BCUT2D eigenvalue weighted by molar-refractivity contribution is 0.146. The molecule has 0 saturated heterocycles. The molecule has 2 aromatic rings. The molecule has 0 amide bonds. The van der Waals surface area contributed by atoms with Gasteiger partial charge >= 0.3 is 0 Å². The van der Waals surface area contributed by atoms with E-state index in [4.69, 9.17) is 9.47 Å². The highest BCUT2D eigenvalue weighted by Gasteiger charge is 2.04. The van der Waals surface area contributed by atoms with Crippen molar-refractivity contribution in [1.29, 1.82) is 0 Å². The van der Waals surface area contributed by atoms with E-state index in [0.29, 0.717) is 19.8 Å². The molecular weight excluding hydrogens is 254 g/mol. The van der Waals surface area contributed by atoms with Gasteiger partial charge < -0.3 is 14.8 Å². The van der Waals surface area contributed by atoms with Crippen LogP contribution in [-0.4, -0.2) is 30.3 Å². The van der Waals surface area contributed by atoms with Crippen molar-refractivity contribution in [3.8, 4) is 5.75 Å². The zero-order chi connectivity index (χ0) is 14.2. The number of nitrogens with one attached hydrogen (secondary N) is 1. The van der Waals surface area contributed by atoms with Gasteiger partial charge in [0.25, 0.3) is 0 Å². The number of anilines is 1. The molecule has 0 saturated carbocycles. The van der Waals surface area contributed by atoms with Gasteiger partial charge in [-0.05, 0) is 30.7 Å². The molecule has 1 N–H and O–H groups in total. The van der Waals surface area contributed by atoms with Gasteiger partial charge in [-0.2, -0.15) is 0 Å². The van der Waals surface area contributed by atoms with Gasteiger partial charge in [0.1, 0.15) is 18.7 Å². The average Bonchev–Trinajstić information content (AvgIpc) is 2.48. The lowest BCUT2D eigenvalue weighted by Gasteiger charge is -2.13. The molecule has 1 heterocycles. The number of hydrogen-bond acceptors (Lipinski definition) is 5. The Hall–Kier alpha value is -2.14. The Morgan fingerprint density at radius 1 is 1.20 bits per heavy atom. The third kappa shape index (κ3) is 4.20. The molecule has 0 unspecified atom stereocenters. The molecule has 0 bridgehead atoms. The van der Waals surface area contributed by atoms with Crippen LogP contribution in [0.5, 0.6) is 5.75 Å². The van der Waals surface area contributed by atoms with Crippen LogP contribution in [0.2, 0.25) is 0 Å². The summed E-state index contributed by atoms with van der Waals surface area (Å²) >= 11 is 0. The Morgan fingerprint density at radius 3 is 2.85 bits per heavy atom. The topological polar surface area (TPSA) is 56.3 Å². The zero-order valence-corrected chi connectivity index (χ0v) is 11.8. The summed E-state index contributed by atoms with van der Waals surface area (Å²) in [6, 6.07) is 7.95. The van der Waals surface area contributed by atoms with Gasteiger partial charge in [0.05, 0.1) is 24.5 Å². The molecule has 0 fully saturated rings. The Labute approximate surface area is 119 Å². The van der Waals surface area contributed by atoms with Gasteiger partial charge in [0.2, 0.25) is 0 Å². The predicted molar refractivity (Wildman–Crippen MR) is 77.9 cm³/mol. The van der Waals surface area contributed by atoms with Crippen LogP contribution in [0.25, 0.3) is 0 Å². The largest absolute Gasteiger partial charge is 0.489 e. The van der Waals surface area contributed by atoms with Crippen LogP contribution in [0, 0.1) is 6.92 Å². The molecule has 5 heteroatoms. The van der Waals surface area contributed by atoms with Crippen molar-refractivity contribution in [3.63, 3.8) is 0 Å². The maximum atomic E-state index is 5.73. The lowest BCUT2D eigenvalue weighted by Crippen LogP contribution is -2.08. The van der Waals surface area contributed by atoms with Crippen LogP contribution in [0.4, 0.5) is 5.69 Å². The number of benzene rings is 1. The molecule has 5 nitrogen and oxygen atoms in total. The average molecular weight is 273 g/mol. The third-order valence-corrected chi connectivity index (χ3v) is 2.79. The number of ether oxygens (including phenoxy) is 2. The van der Waals surface area contributed by atoms with Crippen LogP contribution in [0.3, 0.4) is 0 Å². The second-order valence-corrected chi connectivity index (χ2v) is 4.40. The van der Waals surface area contributed by atoms with E-state index in [9.17, 15) is 0 Å². The van der Waals surface area contributed by atoms with Gasteiger partial charge in [-0.3, -0.25) is 0 Å². The Morgan fingerprint density at radius 2 is 2.10 bits per heavy atom. The number of hydrogen-bond donors (Lipinski definition) is 1. The number of aryl methyl sites for hydroxylation is 1. The highest BCUT2D eigenvalue weighted by molar-refractivity contribution is 5.57. The van der Waals surface area contributed by atoms with E-state index >= 15 is 0 Å². The SMILES string of the molecule is COCCOc1cc(C)ccc1NCc1ccncn1. The standard InChI is InChI=1S/C15H19N3O2/c1-12-3-4-14(15(9-12)20-8-7-19-2)17-10-13-5-6-16-11-18-13/h3-6,9,11,17H,7-8,10H2,1-2H3. The third-order valence-electron chi connectivity index (χ3n) is 2.79. The molecule has 0 aliphatic carbocycles. The summed E-state index contributed by atoms with van der Waals surface area (Å²) in [4.78, 5) is 8.08. The summed E-state index contributed by atoms with van der Waals surface area (Å²) in [6.07, 6.45) is 3.28. The van der Waals surface area contributed by atoms with Crippen LogP contribution in [0.1, 0.15) is 11.3 Å². The fraction of sp³-hybridized carbons (Fsp3) is 0.333. The van der Waals surface area contributed by atoms with E-state index in [0.717, 1.165) is 22.7 Å². The number of methoxy groups -OCH3 is 1. The van der Waals surface area contributed by atoms with E-state index in [1.54, 1.807) is 19.6 Å². The molecule has 1 aromatic carbocycles. The summed E-state index contributed by atoms with van der Waals surface area (Å²) in [5.74, 6) is 0.830. The summed E-state index contributed by atoms with van der Waals surface area (Å²) < 4.78 is 10.7.